The maximum Gasteiger partial charge on any atom is 0.417 e. The van der Waals surface area contributed by atoms with Gasteiger partial charge in [0, 0.05) is 23.0 Å². The van der Waals surface area contributed by atoms with Crippen LogP contribution in [0.1, 0.15) is 33.3 Å². The number of carbonyl (C=O) groups is 2. The molecule has 0 spiro atoms. The minimum atomic E-state index is -4.66. The quantitative estimate of drug-likeness (QED) is 0.526. The molecule has 0 saturated carbocycles. The summed E-state index contributed by atoms with van der Waals surface area (Å²) in [6.45, 7) is 1.80. The lowest BCUT2D eigenvalue weighted by atomic mass is 10.1. The first-order chi connectivity index (χ1) is 13.9. The van der Waals surface area contributed by atoms with Gasteiger partial charge in [0.05, 0.1) is 26.9 Å². The van der Waals surface area contributed by atoms with Gasteiger partial charge in [0.15, 0.2) is 0 Å². The number of hydrogen-bond donors (Lipinski definition) is 2. The minimum absolute atomic E-state index is 0.0168. The van der Waals surface area contributed by atoms with E-state index in [1.165, 1.54) is 23.9 Å². The maximum atomic E-state index is 12.8. The summed E-state index contributed by atoms with van der Waals surface area (Å²) in [5.41, 5.74) is -1.65. The van der Waals surface area contributed by atoms with E-state index in [1.54, 1.807) is 6.92 Å². The van der Waals surface area contributed by atoms with Crippen LogP contribution in [0.2, 0.25) is 15.1 Å². The third kappa shape index (κ3) is 6.16. The van der Waals surface area contributed by atoms with Crippen LogP contribution in [-0.2, 0) is 6.18 Å². The number of nitrogens with one attached hydrogen (secondary N) is 2. The van der Waals surface area contributed by atoms with Gasteiger partial charge in [-0.15, -0.1) is 0 Å². The van der Waals surface area contributed by atoms with Gasteiger partial charge in [-0.3, -0.25) is 9.59 Å². The molecule has 162 valence electrons. The van der Waals surface area contributed by atoms with Crippen LogP contribution < -0.4 is 10.6 Å². The van der Waals surface area contributed by atoms with Gasteiger partial charge in [-0.2, -0.15) is 24.9 Å². The zero-order valence-electron chi connectivity index (χ0n) is 15.5. The number of anilines is 1. The molecule has 1 unspecified atom stereocenters. The number of pyridine rings is 1. The number of benzene rings is 1. The van der Waals surface area contributed by atoms with Crippen LogP contribution in [0.4, 0.5) is 18.9 Å². The molecule has 5 nitrogen and oxygen atoms in total. The van der Waals surface area contributed by atoms with E-state index in [0.717, 1.165) is 0 Å². The number of carbonyl (C=O) groups excluding carboxylic acids is 2. The Bertz CT molecular complexity index is 974. The number of rotatable bonds is 6. The summed E-state index contributed by atoms with van der Waals surface area (Å²) < 4.78 is 38.3. The molecule has 0 fully saturated rings. The number of amides is 2. The fraction of sp³-hybridized carbons (Fsp3) is 0.278. The lowest BCUT2D eigenvalue weighted by Gasteiger charge is -2.17. The summed E-state index contributed by atoms with van der Waals surface area (Å²) in [4.78, 5) is 28.7. The Balaban J connectivity index is 2.36. The van der Waals surface area contributed by atoms with Gasteiger partial charge >= 0.3 is 6.18 Å². The minimum Gasteiger partial charge on any atom is -0.349 e. The van der Waals surface area contributed by atoms with Gasteiger partial charge in [-0.05, 0) is 31.4 Å². The van der Waals surface area contributed by atoms with Crippen LogP contribution in [0.25, 0.3) is 0 Å². The van der Waals surface area contributed by atoms with E-state index >= 15 is 0 Å². The van der Waals surface area contributed by atoms with Crippen molar-refractivity contribution in [1.82, 2.24) is 10.3 Å². The van der Waals surface area contributed by atoms with Gasteiger partial charge in [0.2, 0.25) is 0 Å². The third-order valence-electron chi connectivity index (χ3n) is 3.72. The van der Waals surface area contributed by atoms with Crippen molar-refractivity contribution in [3.8, 4) is 0 Å². The second kappa shape index (κ2) is 10.1. The van der Waals surface area contributed by atoms with Crippen LogP contribution in [0, 0.1) is 0 Å². The number of aromatic nitrogens is 1. The van der Waals surface area contributed by atoms with Crippen molar-refractivity contribution in [2.75, 3.05) is 17.3 Å². The second-order valence-corrected chi connectivity index (χ2v) is 8.31. The number of alkyl halides is 3. The van der Waals surface area contributed by atoms with Crippen molar-refractivity contribution in [2.24, 2.45) is 0 Å². The van der Waals surface area contributed by atoms with Crippen LogP contribution in [0.3, 0.4) is 0 Å². The van der Waals surface area contributed by atoms with Crippen LogP contribution in [0.15, 0.2) is 24.4 Å². The second-order valence-electron chi connectivity index (χ2n) is 6.15. The average Bonchev–Trinajstić information content (AvgIpc) is 2.62. The van der Waals surface area contributed by atoms with Crippen LogP contribution in [0.5, 0.6) is 0 Å². The number of nitrogens with zero attached hydrogens (tertiary/aromatic N) is 1. The van der Waals surface area contributed by atoms with Crippen LogP contribution in [-0.4, -0.2) is 34.8 Å². The first-order valence-electron chi connectivity index (χ1n) is 8.27. The summed E-state index contributed by atoms with van der Waals surface area (Å²) in [5.74, 6) is -0.834. The first-order valence-corrected chi connectivity index (χ1v) is 10.8. The highest BCUT2D eigenvalue weighted by Gasteiger charge is 2.32. The third-order valence-corrected chi connectivity index (χ3v) is 5.35. The van der Waals surface area contributed by atoms with E-state index in [9.17, 15) is 22.8 Å². The summed E-state index contributed by atoms with van der Waals surface area (Å²) in [5, 5.41) is 4.74. The van der Waals surface area contributed by atoms with E-state index in [0.29, 0.717) is 18.0 Å². The summed E-state index contributed by atoms with van der Waals surface area (Å²) in [7, 11) is 0. The maximum absolute atomic E-state index is 12.8. The number of hydrogen-bond acceptors (Lipinski definition) is 4. The predicted molar refractivity (Wildman–Crippen MR) is 114 cm³/mol. The fourth-order valence-corrected chi connectivity index (χ4v) is 3.78. The largest absolute Gasteiger partial charge is 0.417 e. The van der Waals surface area contributed by atoms with Gasteiger partial charge in [-0.1, -0.05) is 34.8 Å². The molecule has 0 aliphatic heterocycles. The van der Waals surface area contributed by atoms with E-state index < -0.39 is 34.3 Å². The van der Waals surface area contributed by atoms with Crippen LogP contribution >= 0.6 is 46.6 Å². The van der Waals surface area contributed by atoms with Crippen molar-refractivity contribution >= 4 is 64.1 Å². The Labute approximate surface area is 189 Å². The molecule has 2 aromatic rings. The van der Waals surface area contributed by atoms with Crippen molar-refractivity contribution in [3.63, 3.8) is 0 Å². The standard InChI is InChI=1S/C18H15Cl3F3N3O2S/c1-8(7-30-2)26-16(28)11-4-10(19)5-13(21)14(11)27-17(29)15-12(20)3-9(6-25-15)18(22,23)24/h3-6,8H,7H2,1-2H3,(H,26,28)(H,27,29). The highest BCUT2D eigenvalue weighted by molar-refractivity contribution is 7.98. The van der Waals surface area contributed by atoms with Gasteiger partial charge in [0.1, 0.15) is 5.69 Å². The molecular formula is C18H15Cl3F3N3O2S. The molecule has 12 heteroatoms. The summed E-state index contributed by atoms with van der Waals surface area (Å²) in [6, 6.07) is 3.03. The topological polar surface area (TPSA) is 71.1 Å². The van der Waals surface area contributed by atoms with E-state index in [-0.39, 0.29) is 27.3 Å². The normalized spacial score (nSPS) is 12.4. The molecule has 2 rings (SSSR count). The molecule has 30 heavy (non-hydrogen) atoms. The fourth-order valence-electron chi connectivity index (χ4n) is 2.41. The SMILES string of the molecule is CSCC(C)NC(=O)c1cc(Cl)cc(Cl)c1NC(=O)c1ncc(C(F)(F)F)cc1Cl. The zero-order valence-corrected chi connectivity index (χ0v) is 18.6. The lowest BCUT2D eigenvalue weighted by Crippen LogP contribution is -2.35. The Hall–Kier alpha value is -1.68. The van der Waals surface area contributed by atoms with Gasteiger partial charge < -0.3 is 10.6 Å². The molecule has 0 aliphatic rings. The van der Waals surface area contributed by atoms with Crippen molar-refractivity contribution in [1.29, 1.82) is 0 Å². The highest BCUT2D eigenvalue weighted by Crippen LogP contribution is 2.33. The molecule has 2 N–H and O–H groups in total. The Morgan fingerprint density at radius 2 is 1.80 bits per heavy atom. The molecule has 0 aliphatic carbocycles. The molecule has 1 aromatic carbocycles. The summed E-state index contributed by atoms with van der Waals surface area (Å²) >= 11 is 19.5. The molecule has 1 aromatic heterocycles. The lowest BCUT2D eigenvalue weighted by molar-refractivity contribution is -0.137. The summed E-state index contributed by atoms with van der Waals surface area (Å²) in [6.07, 6.45) is -2.29. The smallest absolute Gasteiger partial charge is 0.349 e. The monoisotopic (exact) mass is 499 g/mol. The van der Waals surface area contributed by atoms with Gasteiger partial charge in [0.25, 0.3) is 11.8 Å². The zero-order chi connectivity index (χ0) is 22.6. The Kier molecular flexibility index (Phi) is 8.27. The Morgan fingerprint density at radius 1 is 1.13 bits per heavy atom. The molecule has 0 bridgehead atoms. The number of halogens is 6. The van der Waals surface area contributed by atoms with Crippen molar-refractivity contribution in [2.45, 2.75) is 19.1 Å². The van der Waals surface area contributed by atoms with Crippen molar-refractivity contribution in [3.05, 3.63) is 56.3 Å². The average molecular weight is 501 g/mol. The highest BCUT2D eigenvalue weighted by atomic mass is 35.5. The molecular weight excluding hydrogens is 486 g/mol. The number of thioether (sulfide) groups is 1. The molecule has 2 amide bonds. The van der Waals surface area contributed by atoms with E-state index in [2.05, 4.69) is 15.6 Å². The van der Waals surface area contributed by atoms with Gasteiger partial charge in [-0.25, -0.2) is 4.98 Å². The first kappa shape index (κ1) is 24.6. The molecule has 1 atom stereocenters. The van der Waals surface area contributed by atoms with Crippen molar-refractivity contribution < 1.29 is 22.8 Å². The Morgan fingerprint density at radius 3 is 2.37 bits per heavy atom. The molecule has 0 saturated heterocycles. The van der Waals surface area contributed by atoms with E-state index in [1.807, 2.05) is 6.26 Å². The predicted octanol–water partition coefficient (Wildman–Crippen LogP) is 5.79. The molecule has 1 heterocycles. The van der Waals surface area contributed by atoms with E-state index in [4.69, 9.17) is 34.8 Å². The molecule has 0 radical (unpaired) electrons.